The lowest BCUT2D eigenvalue weighted by atomic mass is 10.2. The van der Waals surface area contributed by atoms with Gasteiger partial charge in [0.2, 0.25) is 0 Å². The molecule has 0 fully saturated rings. The minimum absolute atomic E-state index is 0.339. The molecule has 0 saturated carbocycles. The van der Waals surface area contributed by atoms with Crippen molar-refractivity contribution >= 4 is 28.8 Å². The largest absolute Gasteiger partial charge is 0.399 e. The number of anilines is 3. The van der Waals surface area contributed by atoms with E-state index in [1.54, 1.807) is 17.8 Å². The van der Waals surface area contributed by atoms with Gasteiger partial charge in [0.1, 0.15) is 5.82 Å². The van der Waals surface area contributed by atoms with Crippen LogP contribution in [0.1, 0.15) is 0 Å². The average molecular weight is 248 g/mol. The molecule has 0 aliphatic carbocycles. The van der Waals surface area contributed by atoms with Crippen molar-refractivity contribution in [3.05, 3.63) is 48.3 Å². The first-order valence-electron chi connectivity index (χ1n) is 5.15. The van der Waals surface area contributed by atoms with Crippen molar-refractivity contribution in [3.8, 4) is 0 Å². The third-order valence-corrected chi connectivity index (χ3v) is 3.10. The quantitative estimate of drug-likeness (QED) is 0.639. The van der Waals surface area contributed by atoms with Crippen LogP contribution in [0.25, 0.3) is 0 Å². The second-order valence-corrected chi connectivity index (χ2v) is 4.45. The van der Waals surface area contributed by atoms with Crippen molar-refractivity contribution in [2.75, 3.05) is 17.3 Å². The molecule has 2 aromatic rings. The summed E-state index contributed by atoms with van der Waals surface area (Å²) in [4.78, 5) is 1.11. The molecule has 0 aromatic heterocycles. The van der Waals surface area contributed by atoms with E-state index in [-0.39, 0.29) is 5.82 Å². The van der Waals surface area contributed by atoms with E-state index in [1.807, 2.05) is 30.5 Å². The maximum atomic E-state index is 13.2. The first-order chi connectivity index (χ1) is 8.19. The van der Waals surface area contributed by atoms with E-state index in [0.717, 1.165) is 10.6 Å². The van der Waals surface area contributed by atoms with E-state index in [1.165, 1.54) is 12.1 Å². The lowest BCUT2D eigenvalue weighted by Crippen LogP contribution is -1.95. The van der Waals surface area contributed by atoms with Gasteiger partial charge in [-0.15, -0.1) is 11.8 Å². The zero-order valence-electron chi connectivity index (χ0n) is 9.41. The number of nitrogens with one attached hydrogen (secondary N) is 1. The first-order valence-corrected chi connectivity index (χ1v) is 6.37. The zero-order valence-corrected chi connectivity index (χ0v) is 10.2. The number of nitrogen functional groups attached to an aromatic ring is 1. The summed E-state index contributed by atoms with van der Waals surface area (Å²) >= 11 is 1.64. The maximum absolute atomic E-state index is 13.2. The molecule has 17 heavy (non-hydrogen) atoms. The molecule has 0 spiro atoms. The second kappa shape index (κ2) is 5.10. The van der Waals surface area contributed by atoms with Gasteiger partial charge in [0.05, 0.1) is 5.69 Å². The summed E-state index contributed by atoms with van der Waals surface area (Å²) in [5.74, 6) is -0.339. The molecule has 0 atom stereocenters. The smallest absolute Gasteiger partial charge is 0.127 e. The fourth-order valence-corrected chi connectivity index (χ4v) is 2.14. The molecule has 0 saturated heterocycles. The van der Waals surface area contributed by atoms with Crippen molar-refractivity contribution in [2.45, 2.75) is 4.90 Å². The predicted octanol–water partition coefficient (Wildman–Crippen LogP) is 3.87. The Kier molecular flexibility index (Phi) is 3.54. The number of halogens is 1. The molecular weight excluding hydrogens is 235 g/mol. The van der Waals surface area contributed by atoms with Gasteiger partial charge in [-0.1, -0.05) is 12.1 Å². The third-order valence-electron chi connectivity index (χ3n) is 2.31. The summed E-state index contributed by atoms with van der Waals surface area (Å²) < 4.78 is 13.2. The van der Waals surface area contributed by atoms with Crippen molar-refractivity contribution in [3.63, 3.8) is 0 Å². The number of benzene rings is 2. The van der Waals surface area contributed by atoms with Gasteiger partial charge in [-0.2, -0.15) is 0 Å². The van der Waals surface area contributed by atoms with Gasteiger partial charge in [-0.25, -0.2) is 4.39 Å². The Morgan fingerprint density at radius 3 is 2.65 bits per heavy atom. The Hall–Kier alpha value is -1.68. The molecule has 0 heterocycles. The lowest BCUT2D eigenvalue weighted by molar-refractivity contribution is 0.629. The fourth-order valence-electron chi connectivity index (χ4n) is 1.59. The molecule has 0 unspecified atom stereocenters. The van der Waals surface area contributed by atoms with Crippen LogP contribution in [0.15, 0.2) is 47.4 Å². The summed E-state index contributed by atoms with van der Waals surface area (Å²) in [5, 5.41) is 3.16. The van der Waals surface area contributed by atoms with E-state index in [4.69, 9.17) is 5.73 Å². The Labute approximate surface area is 104 Å². The number of rotatable bonds is 3. The Morgan fingerprint density at radius 1 is 1.18 bits per heavy atom. The van der Waals surface area contributed by atoms with Gasteiger partial charge >= 0.3 is 0 Å². The Bertz CT molecular complexity index is 508. The van der Waals surface area contributed by atoms with E-state index < -0.39 is 0 Å². The highest BCUT2D eigenvalue weighted by Crippen LogP contribution is 2.28. The number of thioether (sulfide) groups is 1. The van der Waals surface area contributed by atoms with Gasteiger partial charge in [-0.05, 0) is 36.6 Å². The van der Waals surface area contributed by atoms with Crippen LogP contribution in [-0.4, -0.2) is 6.26 Å². The monoisotopic (exact) mass is 248 g/mol. The minimum atomic E-state index is -0.339. The third kappa shape index (κ3) is 2.91. The minimum Gasteiger partial charge on any atom is -0.399 e. The van der Waals surface area contributed by atoms with Crippen LogP contribution in [0.3, 0.4) is 0 Å². The molecule has 3 N–H and O–H groups in total. The van der Waals surface area contributed by atoms with Crippen molar-refractivity contribution < 1.29 is 4.39 Å². The van der Waals surface area contributed by atoms with Gasteiger partial charge in [0, 0.05) is 16.3 Å². The van der Waals surface area contributed by atoms with Crippen LogP contribution in [0, 0.1) is 5.82 Å². The highest BCUT2D eigenvalue weighted by molar-refractivity contribution is 7.98. The average Bonchev–Trinajstić information content (AvgIpc) is 2.28. The maximum Gasteiger partial charge on any atom is 0.127 e. The molecule has 4 heteroatoms. The Balaban J connectivity index is 2.31. The van der Waals surface area contributed by atoms with Gasteiger partial charge in [0.15, 0.2) is 0 Å². The van der Waals surface area contributed by atoms with Gasteiger partial charge in [0.25, 0.3) is 0 Å². The predicted molar refractivity (Wildman–Crippen MR) is 72.3 cm³/mol. The molecule has 0 bridgehead atoms. The van der Waals surface area contributed by atoms with E-state index in [9.17, 15) is 4.39 Å². The number of para-hydroxylation sites is 1. The van der Waals surface area contributed by atoms with Gasteiger partial charge < -0.3 is 11.1 Å². The first kappa shape index (κ1) is 11.8. The van der Waals surface area contributed by atoms with E-state index >= 15 is 0 Å². The molecule has 0 amide bonds. The molecule has 2 aromatic carbocycles. The summed E-state index contributed by atoms with van der Waals surface area (Å²) in [5.41, 5.74) is 7.62. The molecule has 88 valence electrons. The summed E-state index contributed by atoms with van der Waals surface area (Å²) in [6, 6.07) is 12.3. The molecule has 0 aliphatic heterocycles. The lowest BCUT2D eigenvalue weighted by Gasteiger charge is -2.10. The van der Waals surface area contributed by atoms with Gasteiger partial charge in [-0.3, -0.25) is 0 Å². The SMILES string of the molecule is CSc1ccccc1Nc1cc(N)cc(F)c1. The molecule has 2 rings (SSSR count). The number of nitrogens with two attached hydrogens (primary N) is 1. The number of hydrogen-bond donors (Lipinski definition) is 2. The number of hydrogen-bond acceptors (Lipinski definition) is 3. The summed E-state index contributed by atoms with van der Waals surface area (Å²) in [6.07, 6.45) is 2.00. The topological polar surface area (TPSA) is 38.0 Å². The highest BCUT2D eigenvalue weighted by Gasteiger charge is 2.02. The summed E-state index contributed by atoms with van der Waals surface area (Å²) in [6.45, 7) is 0. The summed E-state index contributed by atoms with van der Waals surface area (Å²) in [7, 11) is 0. The molecular formula is C13H13FN2S. The van der Waals surface area contributed by atoms with Crippen LogP contribution in [0.2, 0.25) is 0 Å². The van der Waals surface area contributed by atoms with Crippen LogP contribution in [0.4, 0.5) is 21.5 Å². The van der Waals surface area contributed by atoms with Crippen LogP contribution >= 0.6 is 11.8 Å². The van der Waals surface area contributed by atoms with E-state index in [2.05, 4.69) is 5.32 Å². The van der Waals surface area contributed by atoms with Crippen molar-refractivity contribution in [2.24, 2.45) is 0 Å². The molecule has 0 radical (unpaired) electrons. The Morgan fingerprint density at radius 2 is 1.94 bits per heavy atom. The van der Waals surface area contributed by atoms with Crippen LogP contribution in [-0.2, 0) is 0 Å². The molecule has 0 aliphatic rings. The normalized spacial score (nSPS) is 10.2. The zero-order chi connectivity index (χ0) is 12.3. The standard InChI is InChI=1S/C13H13FN2S/c1-17-13-5-3-2-4-12(13)16-11-7-9(14)6-10(15)8-11/h2-8,16H,15H2,1H3. The van der Waals surface area contributed by atoms with E-state index in [0.29, 0.717) is 11.4 Å². The van der Waals surface area contributed by atoms with Crippen LogP contribution in [0.5, 0.6) is 0 Å². The van der Waals surface area contributed by atoms with Crippen molar-refractivity contribution in [1.29, 1.82) is 0 Å². The fraction of sp³-hybridized carbons (Fsp3) is 0.0769. The highest BCUT2D eigenvalue weighted by atomic mass is 32.2. The second-order valence-electron chi connectivity index (χ2n) is 3.60. The molecule has 2 nitrogen and oxygen atoms in total. The van der Waals surface area contributed by atoms with Crippen molar-refractivity contribution in [1.82, 2.24) is 0 Å². The van der Waals surface area contributed by atoms with Crippen LogP contribution < -0.4 is 11.1 Å².